The van der Waals surface area contributed by atoms with Crippen LogP contribution in [0.1, 0.15) is 295 Å². The molecule has 7 aromatic heterocycles. The van der Waals surface area contributed by atoms with E-state index in [1.807, 2.05) is 96.7 Å². The number of nitrogens with one attached hydrogen (secondary N) is 4. The second-order valence-electron chi connectivity index (χ2n) is 34.7. The number of nitrogens with zero attached hydrogens (tertiary/aromatic N) is 10. The molecule has 2 amide bonds. The van der Waals surface area contributed by atoms with Crippen molar-refractivity contribution in [1.29, 1.82) is 0 Å². The van der Waals surface area contributed by atoms with Gasteiger partial charge < -0.3 is 34.8 Å². The van der Waals surface area contributed by atoms with Gasteiger partial charge in [0, 0.05) is 106 Å². The average Bonchev–Trinajstić information content (AvgIpc) is 1.69. The minimum atomic E-state index is -0.489. The zero-order valence-corrected chi connectivity index (χ0v) is 83.0. The summed E-state index contributed by atoms with van der Waals surface area (Å²) >= 11 is 19.1. The Kier molecular flexibility index (Phi) is 53.1. The first-order valence-electron chi connectivity index (χ1n) is 46.0. The summed E-state index contributed by atoms with van der Waals surface area (Å²) < 4.78 is 0.264. The number of nitrogen functional groups attached to an aromatic ring is 1. The Morgan fingerprint density at radius 1 is 0.534 bits per heavy atom. The molecule has 6 aliphatic rings. The summed E-state index contributed by atoms with van der Waals surface area (Å²) in [4.78, 5) is 76.6. The Bertz CT molecular complexity index is 5050. The van der Waals surface area contributed by atoms with Gasteiger partial charge in [0.2, 0.25) is 0 Å². The molecule has 0 bridgehead atoms. The van der Waals surface area contributed by atoms with Gasteiger partial charge in [-0.05, 0) is 256 Å². The van der Waals surface area contributed by atoms with Gasteiger partial charge in [-0.3, -0.25) is 55.1 Å². The number of nitro groups is 2. The first-order chi connectivity index (χ1) is 62.6. The molecule has 131 heavy (non-hydrogen) atoms. The first kappa shape index (κ1) is 110. The van der Waals surface area contributed by atoms with Crippen LogP contribution in [-0.4, -0.2) is 71.9 Å². The second kappa shape index (κ2) is 63.3. The molecule has 0 saturated heterocycles. The van der Waals surface area contributed by atoms with Crippen molar-refractivity contribution in [2.24, 2.45) is 46.2 Å². The fourth-order valence-corrected chi connectivity index (χ4v) is 18.6. The van der Waals surface area contributed by atoms with Gasteiger partial charge in [0.25, 0.3) is 11.8 Å². The van der Waals surface area contributed by atoms with Crippen molar-refractivity contribution >= 4 is 130 Å². The molecular weight excluding hydrogens is 1870 g/mol. The number of aliphatic imine (C=N–C) groups is 1. The number of thiazole rings is 1. The number of rotatable bonds is 26. The molecule has 0 atom stereocenters. The van der Waals surface area contributed by atoms with Crippen molar-refractivity contribution < 1.29 is 41.3 Å². The van der Waals surface area contributed by atoms with Crippen molar-refractivity contribution in [3.63, 3.8) is 0 Å². The number of isothiocyanates is 1. The van der Waals surface area contributed by atoms with Crippen LogP contribution in [0.3, 0.4) is 0 Å². The number of aryl methyl sites for hydroxylation is 4. The average molecular weight is 2010 g/mol. The summed E-state index contributed by atoms with van der Waals surface area (Å²) in [6.45, 7) is 6.60. The van der Waals surface area contributed by atoms with Gasteiger partial charge in [-0.25, -0.2) is 15.0 Å². The predicted octanol–water partition coefficient (Wildman–Crippen LogP) is 26.7. The minimum absolute atomic E-state index is 0. The Balaban J connectivity index is 0.000000273. The van der Waals surface area contributed by atoms with Crippen LogP contribution in [0.4, 0.5) is 39.3 Å². The van der Waals surface area contributed by atoms with Crippen LogP contribution in [-0.2, 0) is 51.5 Å². The number of benzene rings is 2. The Hall–Kier alpha value is -9.85. The van der Waals surface area contributed by atoms with E-state index in [2.05, 4.69) is 134 Å². The van der Waals surface area contributed by atoms with E-state index in [1.54, 1.807) is 53.8 Å². The van der Waals surface area contributed by atoms with Gasteiger partial charge in [-0.15, -0.1) is 23.7 Å². The topological polar surface area (TPSA) is 323 Å². The monoisotopic (exact) mass is 2000 g/mol. The predicted molar refractivity (Wildman–Crippen MR) is 548 cm³/mol. The molecule has 7 heterocycles. The number of pyridine rings is 6. The number of aromatic nitrogens is 7. The Labute approximate surface area is 821 Å². The molecule has 704 valence electrons. The molecule has 6 fully saturated rings. The summed E-state index contributed by atoms with van der Waals surface area (Å²) in [6, 6.07) is 39.4. The van der Waals surface area contributed by atoms with Crippen molar-refractivity contribution in [2.45, 2.75) is 270 Å². The van der Waals surface area contributed by atoms with Crippen molar-refractivity contribution in [3.8, 4) is 24.2 Å². The van der Waals surface area contributed by atoms with E-state index < -0.39 is 9.85 Å². The smallest absolute Gasteiger partial charge is 0.303 e. The Morgan fingerprint density at radius 3 is 1.34 bits per heavy atom. The largest absolute Gasteiger partial charge is 0.397 e. The van der Waals surface area contributed by atoms with Crippen LogP contribution in [0.2, 0.25) is 0 Å². The molecule has 8 N–H and O–H groups in total. The van der Waals surface area contributed by atoms with Crippen LogP contribution in [0.5, 0.6) is 0 Å². The first-order valence-corrected chi connectivity index (χ1v) is 48.9. The quantitative estimate of drug-likeness (QED) is 0.00429. The molecule has 0 spiro atoms. The van der Waals surface area contributed by atoms with Crippen LogP contribution in [0.15, 0.2) is 186 Å². The number of anilines is 5. The zero-order valence-electron chi connectivity index (χ0n) is 76.6. The number of hydrogen-bond donors (Lipinski definition) is 6. The van der Waals surface area contributed by atoms with Crippen molar-refractivity contribution in [1.82, 2.24) is 40.2 Å². The molecule has 0 radical (unpaired) electrons. The molecule has 9 aromatic rings. The molecule has 22 nitrogen and oxygen atoms in total. The normalized spacial score (nSPS) is 14.5. The third-order valence-corrected chi connectivity index (χ3v) is 25.7. The van der Waals surface area contributed by atoms with Gasteiger partial charge in [-0.1, -0.05) is 217 Å². The molecule has 2 aromatic carbocycles. The SMILES string of the molecule is C#CCC1CCCC1.CC(C)(C)c1csc(Nc2cccnc2CCCC2CCCC2)n1.NC(=S)Nc1cccnc1CCCC1CCCC1.Nc1cccnc1CCCC1CCCC1.O=C(N=C=S)c1ccccc1.O=C(NC(=S)Nc1cccnc1CCCC1CCCC1)c1ccccc1.O=[N+]([O-])c1cccnc1Br.O=[N+]([O-])c1cccnc1C#CCC1CCCC1.[CH3-].[HH].[Pd]. The number of thiocarbonyl (C=S) groups is 3. The van der Waals surface area contributed by atoms with Crippen LogP contribution in [0, 0.1) is 87.3 Å². The van der Waals surface area contributed by atoms with Crippen LogP contribution < -0.4 is 32.7 Å². The van der Waals surface area contributed by atoms with E-state index in [0.29, 0.717) is 27.3 Å². The maximum Gasteiger partial charge on any atom is 0.303 e. The maximum absolute atomic E-state index is 12.2. The number of terminal acetylenes is 1. The number of carbonyl (C=O) groups excluding carboxylic acids is 2. The van der Waals surface area contributed by atoms with E-state index in [9.17, 15) is 29.8 Å². The standard InChI is InChI=1S/C21H25N3OS.C20H29N3S.C14H21N3S.C13H14N2O2.C13H20N2.C8H5NOS.C8H12.C5H3BrN2O2.CH3.Pd.H2/c25-20(17-11-2-1-3-12-17)24-21(26)23-19-14-7-15-22-18(19)13-6-10-16-8-4-5-9-16;1-20(2,3)18-14-24-19(23-18)22-17-12-7-13-21-16(17)11-6-10-15-8-4-5-9-15;15-14(18)17-13-9-4-10-16-12(13)8-3-7-11-5-1-2-6-11;16-15(17)13-9-4-10-14-12(13)8-3-7-11-5-1-2-6-11;14-12-8-4-10-15-13(12)9-3-7-11-5-1-2-6-11;10-8(9-6-11)7-4-2-1-3-5-7;1-2-5-8-6-3-4-7-8;6-5-4(8(9)10)2-1-3-7-5;;;/h1-3,7,11-12,14-16H,4-6,8-10,13H2,(H2,23,24,25,26);7,12-15H,4-6,8-11H2,1-3H3,(H,22,23);4,9-11H,1-3,5-8H2,(H3,15,17,18);4,9-11H,1-2,5-7H2;4,8,10-11H,1-3,5-7,9,14H2;1-5H;1,8H,3-7H2;1-3H;1H3;;1H/q;;;;;;;;-1;;. The number of nitrogens with two attached hydrogens (primary N) is 2. The summed E-state index contributed by atoms with van der Waals surface area (Å²) in [5, 5.41) is 39.0. The molecule has 15 rings (SSSR count). The maximum atomic E-state index is 12.2. The molecule has 6 saturated carbocycles. The summed E-state index contributed by atoms with van der Waals surface area (Å²) in [5.74, 6) is 13.3. The Morgan fingerprint density at radius 2 is 0.924 bits per heavy atom. The molecule has 28 heteroatoms. The van der Waals surface area contributed by atoms with E-state index in [-0.39, 0.29) is 68.2 Å². The molecule has 0 aliphatic heterocycles. The second-order valence-corrected chi connectivity index (χ2v) is 37.3. The van der Waals surface area contributed by atoms with Crippen LogP contribution >= 0.6 is 63.9 Å². The third-order valence-electron chi connectivity index (χ3n) is 23.9. The van der Waals surface area contributed by atoms with Gasteiger partial charge in [0.15, 0.2) is 25.7 Å². The van der Waals surface area contributed by atoms with Gasteiger partial charge in [0.05, 0.1) is 66.2 Å². The summed E-state index contributed by atoms with van der Waals surface area (Å²) in [5.41, 5.74) is 22.1. The van der Waals surface area contributed by atoms with Gasteiger partial charge >= 0.3 is 11.4 Å². The zero-order chi connectivity index (χ0) is 92.1. The third kappa shape index (κ3) is 43.2. The van der Waals surface area contributed by atoms with E-state index >= 15 is 0 Å². The van der Waals surface area contributed by atoms with Gasteiger partial charge in [0.1, 0.15) is 0 Å². The summed E-state index contributed by atoms with van der Waals surface area (Å²) in [7, 11) is 0. The molecule has 6 aliphatic carbocycles. The summed E-state index contributed by atoms with van der Waals surface area (Å²) in [6.07, 6.45) is 64.8. The van der Waals surface area contributed by atoms with Crippen LogP contribution in [0.25, 0.3) is 0 Å². The number of amides is 2. The van der Waals surface area contributed by atoms with Gasteiger partial charge in [-0.2, -0.15) is 4.99 Å². The fraction of sp³-hybridized carbons (Fsp3) is 0.466. The fourth-order valence-electron chi connectivity index (χ4n) is 16.9. The minimum Gasteiger partial charge on any atom is -0.397 e. The van der Waals surface area contributed by atoms with E-state index in [0.717, 1.165) is 125 Å². The van der Waals surface area contributed by atoms with Crippen molar-refractivity contribution in [2.75, 3.05) is 21.7 Å². The number of halogens is 1. The van der Waals surface area contributed by atoms with E-state index in [1.165, 1.54) is 235 Å². The molecule has 0 unspecified atom stereocenters. The number of carbonyl (C=O) groups is 2. The van der Waals surface area contributed by atoms with E-state index in [4.69, 9.17) is 47.3 Å². The number of hydrogen-bond acceptors (Lipinski definition) is 19. The van der Waals surface area contributed by atoms with Crippen molar-refractivity contribution in [3.05, 3.63) is 254 Å². The molecular formula is C103H134BrN16O6PdS4-.